The van der Waals surface area contributed by atoms with Gasteiger partial charge in [0.05, 0.1) is 5.39 Å². The fourth-order valence-electron chi connectivity index (χ4n) is 4.19. The van der Waals surface area contributed by atoms with Crippen molar-refractivity contribution in [2.75, 3.05) is 29.9 Å². The predicted octanol–water partition coefficient (Wildman–Crippen LogP) is 5.16. The summed E-state index contributed by atoms with van der Waals surface area (Å²) in [5, 5.41) is 1.03. The molecule has 0 unspecified atom stereocenters. The lowest BCUT2D eigenvalue weighted by molar-refractivity contribution is -0.118. The summed E-state index contributed by atoms with van der Waals surface area (Å²) in [5.41, 5.74) is 3.51. The lowest BCUT2D eigenvalue weighted by Crippen LogP contribution is -2.37. The number of hydrogen-bond donors (Lipinski definition) is 0. The molecule has 5 rings (SSSR count). The van der Waals surface area contributed by atoms with Crippen LogP contribution in [-0.4, -0.2) is 36.0 Å². The number of carbonyl (C=O) groups excluding carboxylic acids is 1. The molecule has 1 amide bonds. The second-order valence-electron chi connectivity index (χ2n) is 7.84. The van der Waals surface area contributed by atoms with Gasteiger partial charge in [-0.15, -0.1) is 11.3 Å². The first kappa shape index (κ1) is 19.7. The molecule has 1 aliphatic rings. The standard InChI is InChI=1S/C25H24N4OS/c1-28(15-13-23(30)29-14-7-11-18-8-5-6-12-21(18)29)24-20-16-22(19-9-3-2-4-10-19)31-25(20)27-17-26-24/h2-6,8-10,12,16-17H,7,11,13-15H2,1H3. The molecule has 3 heterocycles. The van der Waals surface area contributed by atoms with Gasteiger partial charge in [0.2, 0.25) is 5.91 Å². The summed E-state index contributed by atoms with van der Waals surface area (Å²) in [6.07, 6.45) is 4.12. The van der Waals surface area contributed by atoms with Gasteiger partial charge in [0.1, 0.15) is 17.0 Å². The molecule has 2 aromatic heterocycles. The molecule has 5 nitrogen and oxygen atoms in total. The van der Waals surface area contributed by atoms with Crippen molar-refractivity contribution in [2.45, 2.75) is 19.3 Å². The van der Waals surface area contributed by atoms with E-state index in [2.05, 4.69) is 45.2 Å². The van der Waals surface area contributed by atoms with Crippen molar-refractivity contribution in [3.8, 4) is 10.4 Å². The number of para-hydroxylation sites is 1. The van der Waals surface area contributed by atoms with Gasteiger partial charge in [-0.3, -0.25) is 4.79 Å². The third-order valence-electron chi connectivity index (χ3n) is 5.80. The van der Waals surface area contributed by atoms with Crippen LogP contribution in [0.3, 0.4) is 0 Å². The maximum absolute atomic E-state index is 13.0. The number of aryl methyl sites for hydroxylation is 1. The minimum atomic E-state index is 0.166. The Hall–Kier alpha value is -3.25. The summed E-state index contributed by atoms with van der Waals surface area (Å²) in [6, 6.07) is 20.7. The minimum Gasteiger partial charge on any atom is -0.359 e. The van der Waals surface area contributed by atoms with Gasteiger partial charge in [-0.25, -0.2) is 9.97 Å². The summed E-state index contributed by atoms with van der Waals surface area (Å²) in [5.74, 6) is 1.04. The van der Waals surface area contributed by atoms with Crippen molar-refractivity contribution in [1.29, 1.82) is 0 Å². The number of hydrogen-bond acceptors (Lipinski definition) is 5. The number of aromatic nitrogens is 2. The highest BCUT2D eigenvalue weighted by Crippen LogP contribution is 2.36. The van der Waals surface area contributed by atoms with Crippen LogP contribution in [0, 0.1) is 0 Å². The number of benzene rings is 2. The molecule has 0 N–H and O–H groups in total. The highest BCUT2D eigenvalue weighted by Gasteiger charge is 2.22. The predicted molar refractivity (Wildman–Crippen MR) is 128 cm³/mol. The number of rotatable bonds is 5. The Morgan fingerprint density at radius 2 is 1.90 bits per heavy atom. The van der Waals surface area contributed by atoms with Crippen LogP contribution >= 0.6 is 11.3 Å². The lowest BCUT2D eigenvalue weighted by atomic mass is 10.0. The van der Waals surface area contributed by atoms with Gasteiger partial charge < -0.3 is 9.80 Å². The van der Waals surface area contributed by atoms with E-state index in [-0.39, 0.29) is 5.91 Å². The summed E-state index contributed by atoms with van der Waals surface area (Å²) >= 11 is 1.67. The van der Waals surface area contributed by atoms with E-state index < -0.39 is 0 Å². The van der Waals surface area contributed by atoms with Crippen molar-refractivity contribution in [3.05, 3.63) is 72.6 Å². The van der Waals surface area contributed by atoms with E-state index in [9.17, 15) is 4.79 Å². The van der Waals surface area contributed by atoms with Crippen molar-refractivity contribution >= 4 is 39.0 Å². The van der Waals surface area contributed by atoms with Crippen LogP contribution in [0.5, 0.6) is 0 Å². The third-order valence-corrected chi connectivity index (χ3v) is 6.89. The van der Waals surface area contributed by atoms with Crippen LogP contribution in [0.1, 0.15) is 18.4 Å². The fourth-order valence-corrected chi connectivity index (χ4v) is 5.19. The van der Waals surface area contributed by atoms with Gasteiger partial charge in [0, 0.05) is 37.1 Å². The number of amides is 1. The summed E-state index contributed by atoms with van der Waals surface area (Å²) in [4.78, 5) is 28.2. The SMILES string of the molecule is CN(CCC(=O)N1CCCc2ccccc21)c1ncnc2sc(-c3ccccc3)cc12. The number of nitrogens with zero attached hydrogens (tertiary/aromatic N) is 4. The lowest BCUT2D eigenvalue weighted by Gasteiger charge is -2.30. The van der Waals surface area contributed by atoms with Gasteiger partial charge in [-0.2, -0.15) is 0 Å². The molecule has 2 aromatic carbocycles. The maximum Gasteiger partial charge on any atom is 0.228 e. The largest absolute Gasteiger partial charge is 0.359 e. The summed E-state index contributed by atoms with van der Waals surface area (Å²) in [7, 11) is 2.00. The zero-order chi connectivity index (χ0) is 21.2. The Morgan fingerprint density at radius 3 is 2.77 bits per heavy atom. The van der Waals surface area contributed by atoms with E-state index >= 15 is 0 Å². The monoisotopic (exact) mass is 428 g/mol. The van der Waals surface area contributed by atoms with E-state index in [1.165, 1.54) is 16.0 Å². The molecule has 1 aliphatic heterocycles. The molecule has 0 fully saturated rings. The number of anilines is 2. The van der Waals surface area contributed by atoms with E-state index in [0.29, 0.717) is 13.0 Å². The first-order valence-corrected chi connectivity index (χ1v) is 11.4. The topological polar surface area (TPSA) is 49.3 Å². The van der Waals surface area contributed by atoms with E-state index in [1.54, 1.807) is 17.7 Å². The second-order valence-corrected chi connectivity index (χ2v) is 8.87. The Labute approximate surface area is 186 Å². The second kappa shape index (κ2) is 8.47. The quantitative estimate of drug-likeness (QED) is 0.440. The molecular weight excluding hydrogens is 404 g/mol. The first-order chi connectivity index (χ1) is 15.2. The van der Waals surface area contributed by atoms with Gasteiger partial charge in [0.25, 0.3) is 0 Å². The van der Waals surface area contributed by atoms with Crippen molar-refractivity contribution < 1.29 is 4.79 Å². The molecular formula is C25H24N4OS. The van der Waals surface area contributed by atoms with Crippen molar-refractivity contribution in [2.24, 2.45) is 0 Å². The van der Waals surface area contributed by atoms with Gasteiger partial charge in [0.15, 0.2) is 0 Å². The molecule has 0 atom stereocenters. The van der Waals surface area contributed by atoms with Gasteiger partial charge in [-0.05, 0) is 36.1 Å². The van der Waals surface area contributed by atoms with E-state index in [1.807, 2.05) is 42.3 Å². The summed E-state index contributed by atoms with van der Waals surface area (Å²) < 4.78 is 0. The molecule has 0 spiro atoms. The van der Waals surface area contributed by atoms with Crippen LogP contribution in [0.15, 0.2) is 67.0 Å². The number of fused-ring (bicyclic) bond motifs is 2. The zero-order valence-corrected chi connectivity index (χ0v) is 18.3. The van der Waals surface area contributed by atoms with Crippen molar-refractivity contribution in [1.82, 2.24) is 9.97 Å². The molecule has 0 radical (unpaired) electrons. The Bertz CT molecular complexity index is 1220. The first-order valence-electron chi connectivity index (χ1n) is 10.6. The van der Waals surface area contributed by atoms with Gasteiger partial charge >= 0.3 is 0 Å². The van der Waals surface area contributed by atoms with Crippen LogP contribution < -0.4 is 9.80 Å². The average Bonchev–Trinajstić information content (AvgIpc) is 3.27. The van der Waals surface area contributed by atoms with Crippen LogP contribution in [0.2, 0.25) is 0 Å². The number of carbonyl (C=O) groups is 1. The highest BCUT2D eigenvalue weighted by molar-refractivity contribution is 7.21. The van der Waals surface area contributed by atoms with E-state index in [0.717, 1.165) is 41.1 Å². The van der Waals surface area contributed by atoms with Gasteiger partial charge in [-0.1, -0.05) is 48.5 Å². The van der Waals surface area contributed by atoms with Crippen LogP contribution in [0.25, 0.3) is 20.7 Å². The normalized spacial score (nSPS) is 13.3. The number of thiophene rings is 1. The molecule has 31 heavy (non-hydrogen) atoms. The zero-order valence-electron chi connectivity index (χ0n) is 17.5. The molecule has 0 bridgehead atoms. The molecule has 0 saturated carbocycles. The highest BCUT2D eigenvalue weighted by atomic mass is 32.1. The van der Waals surface area contributed by atoms with Crippen molar-refractivity contribution in [3.63, 3.8) is 0 Å². The van der Waals surface area contributed by atoms with Crippen LogP contribution in [0.4, 0.5) is 11.5 Å². The summed E-state index contributed by atoms with van der Waals surface area (Å²) in [6.45, 7) is 1.41. The average molecular weight is 429 g/mol. The molecule has 0 saturated heterocycles. The smallest absolute Gasteiger partial charge is 0.228 e. The maximum atomic E-state index is 13.0. The fraction of sp³-hybridized carbons (Fsp3) is 0.240. The Morgan fingerprint density at radius 1 is 1.10 bits per heavy atom. The van der Waals surface area contributed by atoms with Crippen LogP contribution in [-0.2, 0) is 11.2 Å². The Balaban J connectivity index is 1.34. The molecule has 6 heteroatoms. The van der Waals surface area contributed by atoms with E-state index in [4.69, 9.17) is 0 Å². The molecule has 4 aromatic rings. The minimum absolute atomic E-state index is 0.166. The molecule has 156 valence electrons. The molecule has 0 aliphatic carbocycles. The Kier molecular flexibility index (Phi) is 5.38. The third kappa shape index (κ3) is 3.91.